The summed E-state index contributed by atoms with van der Waals surface area (Å²) in [6.45, 7) is 1.59. The molecule has 0 saturated carbocycles. The molecule has 0 bridgehead atoms. The molecule has 0 aliphatic heterocycles. The Bertz CT molecular complexity index is 720. The molecule has 0 aliphatic carbocycles. The van der Waals surface area contributed by atoms with Crippen LogP contribution in [0, 0.1) is 6.92 Å². The molecule has 6 heteroatoms. The monoisotopic (exact) mass is 329 g/mol. The predicted molar refractivity (Wildman–Crippen MR) is 88.7 cm³/mol. The zero-order chi connectivity index (χ0) is 17.5. The average molecular weight is 329 g/mol. The third-order valence-corrected chi connectivity index (χ3v) is 3.32. The average Bonchev–Trinajstić information content (AvgIpc) is 2.61. The largest absolute Gasteiger partial charge is 0.497 e. The lowest BCUT2D eigenvalue weighted by atomic mass is 10.2. The lowest BCUT2D eigenvalue weighted by molar-refractivity contribution is -0.133. The number of hydrogen-bond acceptors (Lipinski definition) is 5. The molecular formula is C18H19NO5. The van der Waals surface area contributed by atoms with Crippen LogP contribution in [-0.2, 0) is 4.79 Å². The van der Waals surface area contributed by atoms with Gasteiger partial charge in [-0.25, -0.2) is 4.79 Å². The fourth-order valence-corrected chi connectivity index (χ4v) is 2.02. The van der Waals surface area contributed by atoms with E-state index in [0.717, 1.165) is 5.56 Å². The summed E-state index contributed by atoms with van der Waals surface area (Å²) in [5.74, 6) is 0.477. The van der Waals surface area contributed by atoms with Gasteiger partial charge in [-0.3, -0.25) is 4.79 Å². The molecule has 2 aromatic carbocycles. The second kappa shape index (κ2) is 8.01. The van der Waals surface area contributed by atoms with Crippen molar-refractivity contribution in [1.29, 1.82) is 0 Å². The van der Waals surface area contributed by atoms with Gasteiger partial charge in [0.1, 0.15) is 23.8 Å². The zero-order valence-corrected chi connectivity index (χ0v) is 13.8. The Labute approximate surface area is 140 Å². The first-order valence-electron chi connectivity index (χ1n) is 7.31. The summed E-state index contributed by atoms with van der Waals surface area (Å²) in [7, 11) is 2.99. The van der Waals surface area contributed by atoms with E-state index in [9.17, 15) is 9.59 Å². The van der Waals surface area contributed by atoms with Crippen molar-refractivity contribution in [1.82, 2.24) is 5.32 Å². The van der Waals surface area contributed by atoms with Crippen LogP contribution < -0.4 is 19.5 Å². The van der Waals surface area contributed by atoms with E-state index < -0.39 is 11.9 Å². The number of nitrogens with one attached hydrogen (secondary N) is 1. The number of rotatable bonds is 6. The maximum Gasteiger partial charge on any atom is 0.330 e. The highest BCUT2D eigenvalue weighted by molar-refractivity contribution is 5.96. The number of carbonyl (C=O) groups excluding carboxylic acids is 2. The highest BCUT2D eigenvalue weighted by Gasteiger charge is 2.13. The first kappa shape index (κ1) is 17.3. The number of hydrogen-bond donors (Lipinski definition) is 1. The highest BCUT2D eigenvalue weighted by atomic mass is 16.5. The second-order valence-electron chi connectivity index (χ2n) is 5.02. The van der Waals surface area contributed by atoms with Gasteiger partial charge < -0.3 is 19.5 Å². The second-order valence-corrected chi connectivity index (χ2v) is 5.02. The quantitative estimate of drug-likeness (QED) is 0.650. The van der Waals surface area contributed by atoms with Crippen molar-refractivity contribution >= 4 is 11.9 Å². The molecule has 0 atom stereocenters. The summed E-state index contributed by atoms with van der Waals surface area (Å²) in [6, 6.07) is 11.9. The van der Waals surface area contributed by atoms with Crippen LogP contribution in [-0.4, -0.2) is 32.6 Å². The van der Waals surface area contributed by atoms with Crippen LogP contribution in [0.1, 0.15) is 15.9 Å². The molecule has 0 saturated heterocycles. The van der Waals surface area contributed by atoms with Crippen LogP contribution in [0.3, 0.4) is 0 Å². The minimum atomic E-state index is -0.549. The van der Waals surface area contributed by atoms with Crippen LogP contribution in [0.4, 0.5) is 0 Å². The van der Waals surface area contributed by atoms with Gasteiger partial charge in [0.25, 0.3) is 5.91 Å². The molecule has 1 amide bonds. The normalized spacial score (nSPS) is 9.96. The highest BCUT2D eigenvalue weighted by Crippen LogP contribution is 2.22. The van der Waals surface area contributed by atoms with Crippen molar-refractivity contribution in [3.8, 4) is 17.2 Å². The van der Waals surface area contributed by atoms with Crippen LogP contribution in [0.15, 0.2) is 42.5 Å². The van der Waals surface area contributed by atoms with Crippen molar-refractivity contribution in [2.45, 2.75) is 6.92 Å². The van der Waals surface area contributed by atoms with Crippen molar-refractivity contribution in [3.05, 3.63) is 53.6 Å². The molecule has 0 aromatic heterocycles. The van der Waals surface area contributed by atoms with Crippen LogP contribution in [0.2, 0.25) is 0 Å². The number of ether oxygens (including phenoxy) is 3. The van der Waals surface area contributed by atoms with Gasteiger partial charge in [0, 0.05) is 11.6 Å². The molecule has 0 aliphatic rings. The fourth-order valence-electron chi connectivity index (χ4n) is 2.02. The lowest BCUT2D eigenvalue weighted by Gasteiger charge is -2.10. The van der Waals surface area contributed by atoms with E-state index in [0.29, 0.717) is 22.8 Å². The Morgan fingerprint density at radius 2 is 1.62 bits per heavy atom. The van der Waals surface area contributed by atoms with Crippen molar-refractivity contribution in [2.75, 3.05) is 20.8 Å². The number of amides is 1. The Morgan fingerprint density at radius 1 is 1.00 bits per heavy atom. The van der Waals surface area contributed by atoms with Crippen molar-refractivity contribution in [3.63, 3.8) is 0 Å². The maximum absolute atomic E-state index is 12.2. The van der Waals surface area contributed by atoms with Gasteiger partial charge in [-0.05, 0) is 30.7 Å². The van der Waals surface area contributed by atoms with E-state index >= 15 is 0 Å². The van der Waals surface area contributed by atoms with Crippen LogP contribution >= 0.6 is 0 Å². The summed E-state index contributed by atoms with van der Waals surface area (Å²) in [5, 5.41) is 2.52. The number of para-hydroxylation sites is 1. The smallest absolute Gasteiger partial charge is 0.330 e. The molecule has 0 spiro atoms. The summed E-state index contributed by atoms with van der Waals surface area (Å²) in [5.41, 5.74) is 1.17. The van der Waals surface area contributed by atoms with Gasteiger partial charge in [-0.1, -0.05) is 18.2 Å². The zero-order valence-electron chi connectivity index (χ0n) is 13.8. The number of carbonyl (C=O) groups is 2. The van der Waals surface area contributed by atoms with Gasteiger partial charge in [-0.15, -0.1) is 0 Å². The summed E-state index contributed by atoms with van der Waals surface area (Å²) < 4.78 is 15.4. The van der Waals surface area contributed by atoms with E-state index in [1.165, 1.54) is 14.2 Å². The minimum Gasteiger partial charge on any atom is -0.497 e. The standard InChI is InChI=1S/C18H19NO5/c1-12-6-4-5-7-16(12)24-17(20)11-19-18(21)13-8-14(22-2)10-15(9-13)23-3/h4-10H,11H2,1-3H3,(H,19,21). The first-order valence-corrected chi connectivity index (χ1v) is 7.31. The third kappa shape index (κ3) is 4.49. The molecule has 6 nitrogen and oxygen atoms in total. The molecule has 1 N–H and O–H groups in total. The fraction of sp³-hybridized carbons (Fsp3) is 0.222. The molecule has 2 aromatic rings. The Morgan fingerprint density at radius 3 is 2.21 bits per heavy atom. The van der Waals surface area contributed by atoms with Crippen LogP contribution in [0.5, 0.6) is 17.2 Å². The molecule has 0 fully saturated rings. The van der Waals surface area contributed by atoms with Gasteiger partial charge in [0.05, 0.1) is 14.2 Å². The van der Waals surface area contributed by atoms with E-state index in [4.69, 9.17) is 14.2 Å². The Hall–Kier alpha value is -3.02. The van der Waals surface area contributed by atoms with E-state index in [1.807, 2.05) is 19.1 Å². The molecule has 126 valence electrons. The molecular weight excluding hydrogens is 310 g/mol. The molecule has 2 rings (SSSR count). The molecule has 0 heterocycles. The predicted octanol–water partition coefficient (Wildman–Crippen LogP) is 2.35. The summed E-state index contributed by atoms with van der Waals surface area (Å²) in [4.78, 5) is 24.0. The van der Waals surface area contributed by atoms with Gasteiger partial charge in [0.15, 0.2) is 0 Å². The van der Waals surface area contributed by atoms with E-state index in [-0.39, 0.29) is 6.54 Å². The number of methoxy groups -OCH3 is 2. The number of aryl methyl sites for hydroxylation is 1. The summed E-state index contributed by atoms with van der Waals surface area (Å²) >= 11 is 0. The maximum atomic E-state index is 12.2. The van der Waals surface area contributed by atoms with Crippen molar-refractivity contribution < 1.29 is 23.8 Å². The topological polar surface area (TPSA) is 73.9 Å². The SMILES string of the molecule is COc1cc(OC)cc(C(=O)NCC(=O)Oc2ccccc2C)c1. The number of benzene rings is 2. The third-order valence-electron chi connectivity index (χ3n) is 3.32. The molecule has 24 heavy (non-hydrogen) atoms. The Balaban J connectivity index is 1.98. The molecule has 0 unspecified atom stereocenters. The first-order chi connectivity index (χ1) is 11.5. The number of esters is 1. The van der Waals surface area contributed by atoms with E-state index in [1.54, 1.807) is 30.3 Å². The molecule has 0 radical (unpaired) electrons. The van der Waals surface area contributed by atoms with Gasteiger partial charge >= 0.3 is 5.97 Å². The van der Waals surface area contributed by atoms with Crippen molar-refractivity contribution in [2.24, 2.45) is 0 Å². The Kier molecular flexibility index (Phi) is 5.78. The summed E-state index contributed by atoms with van der Waals surface area (Å²) in [6.07, 6.45) is 0. The van der Waals surface area contributed by atoms with Gasteiger partial charge in [-0.2, -0.15) is 0 Å². The van der Waals surface area contributed by atoms with E-state index in [2.05, 4.69) is 5.32 Å². The van der Waals surface area contributed by atoms with Gasteiger partial charge in [0.2, 0.25) is 0 Å². The van der Waals surface area contributed by atoms with Crippen LogP contribution in [0.25, 0.3) is 0 Å². The lowest BCUT2D eigenvalue weighted by Crippen LogP contribution is -2.32. The minimum absolute atomic E-state index is 0.243.